The molecule has 0 fully saturated rings. The summed E-state index contributed by atoms with van der Waals surface area (Å²) in [5, 5.41) is 2.76. The van der Waals surface area contributed by atoms with E-state index in [1.165, 1.54) is 0 Å². The summed E-state index contributed by atoms with van der Waals surface area (Å²) in [6, 6.07) is 4.81. The smallest absolute Gasteiger partial charge is 0.237 e. The van der Waals surface area contributed by atoms with Crippen LogP contribution in [-0.2, 0) is 4.79 Å². The maximum Gasteiger partial charge on any atom is 0.237 e. The normalized spacial score (nSPS) is 11.9. The highest BCUT2D eigenvalue weighted by Crippen LogP contribution is 2.27. The van der Waals surface area contributed by atoms with E-state index in [0.717, 1.165) is 0 Å². The van der Waals surface area contributed by atoms with Gasteiger partial charge in [0.05, 0.1) is 26.8 Å². The van der Waals surface area contributed by atoms with Crippen molar-refractivity contribution in [2.75, 3.05) is 27.4 Å². The second-order valence-electron chi connectivity index (χ2n) is 5.42. The van der Waals surface area contributed by atoms with Gasteiger partial charge in [-0.1, -0.05) is 13.8 Å². The van der Waals surface area contributed by atoms with E-state index >= 15 is 0 Å². The molecule has 1 amide bonds. The first-order chi connectivity index (χ1) is 10.5. The van der Waals surface area contributed by atoms with E-state index in [2.05, 4.69) is 5.32 Å². The molecular weight excluding hydrogens is 284 g/mol. The Bertz CT molecular complexity index is 455. The van der Waals surface area contributed by atoms with Crippen LogP contribution < -0.4 is 25.3 Å². The van der Waals surface area contributed by atoms with Crippen molar-refractivity contribution >= 4 is 5.91 Å². The molecule has 6 heteroatoms. The monoisotopic (exact) mass is 310 g/mol. The minimum atomic E-state index is -0.475. The molecule has 0 bridgehead atoms. The topological polar surface area (TPSA) is 82.8 Å². The number of nitrogens with two attached hydrogens (primary N) is 1. The average Bonchev–Trinajstić information content (AvgIpc) is 2.50. The maximum absolute atomic E-state index is 11.8. The van der Waals surface area contributed by atoms with Gasteiger partial charge in [-0.3, -0.25) is 4.79 Å². The summed E-state index contributed by atoms with van der Waals surface area (Å²) in [5.74, 6) is 2.16. The quantitative estimate of drug-likeness (QED) is 0.677. The molecule has 3 N–H and O–H groups in total. The van der Waals surface area contributed by atoms with Crippen LogP contribution in [0.1, 0.15) is 20.3 Å². The Labute approximate surface area is 131 Å². The van der Waals surface area contributed by atoms with Crippen molar-refractivity contribution in [3.8, 4) is 17.2 Å². The molecule has 22 heavy (non-hydrogen) atoms. The number of ether oxygens (including phenoxy) is 3. The van der Waals surface area contributed by atoms with Gasteiger partial charge in [0.2, 0.25) is 5.91 Å². The molecule has 0 aliphatic heterocycles. The molecule has 1 aromatic rings. The Kier molecular flexibility index (Phi) is 7.52. The number of amides is 1. The first kappa shape index (κ1) is 18.1. The van der Waals surface area contributed by atoms with Crippen molar-refractivity contribution in [3.63, 3.8) is 0 Å². The van der Waals surface area contributed by atoms with Gasteiger partial charge in [-0.15, -0.1) is 0 Å². The highest BCUT2D eigenvalue weighted by atomic mass is 16.5. The Balaban J connectivity index is 2.40. The van der Waals surface area contributed by atoms with Crippen molar-refractivity contribution in [3.05, 3.63) is 18.2 Å². The molecule has 0 saturated heterocycles. The minimum absolute atomic E-state index is 0.152. The van der Waals surface area contributed by atoms with E-state index in [4.69, 9.17) is 19.9 Å². The fourth-order valence-electron chi connectivity index (χ4n) is 1.95. The van der Waals surface area contributed by atoms with Gasteiger partial charge >= 0.3 is 0 Å². The highest BCUT2D eigenvalue weighted by Gasteiger charge is 2.14. The molecular formula is C16H26N2O4. The van der Waals surface area contributed by atoms with Crippen LogP contribution in [0.4, 0.5) is 0 Å². The fourth-order valence-corrected chi connectivity index (χ4v) is 1.95. The molecule has 1 atom stereocenters. The SMILES string of the molecule is COc1cc(OC)cc(OCCNC(=O)[C@@H](N)CC(C)C)c1. The Morgan fingerprint density at radius 3 is 2.18 bits per heavy atom. The van der Waals surface area contributed by atoms with Crippen LogP contribution in [0.2, 0.25) is 0 Å². The van der Waals surface area contributed by atoms with Crippen molar-refractivity contribution in [1.29, 1.82) is 0 Å². The van der Waals surface area contributed by atoms with Gasteiger partial charge in [0.25, 0.3) is 0 Å². The van der Waals surface area contributed by atoms with Crippen LogP contribution in [0.5, 0.6) is 17.2 Å². The summed E-state index contributed by atoms with van der Waals surface area (Å²) in [6.07, 6.45) is 0.666. The van der Waals surface area contributed by atoms with Crippen LogP contribution in [-0.4, -0.2) is 39.3 Å². The lowest BCUT2D eigenvalue weighted by Gasteiger charge is -2.14. The largest absolute Gasteiger partial charge is 0.496 e. The molecule has 0 heterocycles. The van der Waals surface area contributed by atoms with Gasteiger partial charge in [-0.05, 0) is 12.3 Å². The molecule has 1 rings (SSSR count). The Morgan fingerprint density at radius 2 is 1.68 bits per heavy atom. The molecule has 0 aliphatic carbocycles. The second kappa shape index (κ2) is 9.15. The molecule has 0 radical (unpaired) electrons. The van der Waals surface area contributed by atoms with E-state index < -0.39 is 6.04 Å². The molecule has 0 aromatic heterocycles. The summed E-state index contributed by atoms with van der Waals surface area (Å²) in [7, 11) is 3.16. The van der Waals surface area contributed by atoms with E-state index in [1.807, 2.05) is 13.8 Å². The molecule has 0 spiro atoms. The third-order valence-electron chi connectivity index (χ3n) is 3.06. The number of carbonyl (C=O) groups is 1. The molecule has 0 unspecified atom stereocenters. The van der Waals surface area contributed by atoms with Crippen molar-refractivity contribution in [2.45, 2.75) is 26.3 Å². The zero-order valence-corrected chi connectivity index (χ0v) is 13.7. The third kappa shape index (κ3) is 6.22. The van der Waals surface area contributed by atoms with Gasteiger partial charge in [-0.2, -0.15) is 0 Å². The van der Waals surface area contributed by atoms with Crippen molar-refractivity contribution in [1.82, 2.24) is 5.32 Å². The van der Waals surface area contributed by atoms with Gasteiger partial charge < -0.3 is 25.3 Å². The predicted molar refractivity (Wildman–Crippen MR) is 85.5 cm³/mol. The van der Waals surface area contributed by atoms with Crippen LogP contribution in [0.15, 0.2) is 18.2 Å². The first-order valence-electron chi connectivity index (χ1n) is 7.35. The Morgan fingerprint density at radius 1 is 1.14 bits per heavy atom. The lowest BCUT2D eigenvalue weighted by Crippen LogP contribution is -2.42. The van der Waals surface area contributed by atoms with E-state index in [1.54, 1.807) is 32.4 Å². The number of benzene rings is 1. The van der Waals surface area contributed by atoms with Crippen LogP contribution >= 0.6 is 0 Å². The summed E-state index contributed by atoms with van der Waals surface area (Å²) in [6.45, 7) is 4.81. The third-order valence-corrected chi connectivity index (χ3v) is 3.06. The summed E-state index contributed by atoms with van der Waals surface area (Å²) >= 11 is 0. The number of carbonyl (C=O) groups excluding carboxylic acids is 1. The molecule has 0 aliphatic rings. The number of nitrogens with one attached hydrogen (secondary N) is 1. The first-order valence-corrected chi connectivity index (χ1v) is 7.35. The minimum Gasteiger partial charge on any atom is -0.496 e. The van der Waals surface area contributed by atoms with E-state index in [-0.39, 0.29) is 5.91 Å². The van der Waals surface area contributed by atoms with E-state index in [0.29, 0.717) is 42.7 Å². The molecule has 1 aromatic carbocycles. The summed E-state index contributed by atoms with van der Waals surface area (Å²) in [4.78, 5) is 11.8. The van der Waals surface area contributed by atoms with Gasteiger partial charge in [0, 0.05) is 18.2 Å². The maximum atomic E-state index is 11.8. The lowest BCUT2D eigenvalue weighted by molar-refractivity contribution is -0.122. The van der Waals surface area contributed by atoms with E-state index in [9.17, 15) is 4.79 Å². The highest BCUT2D eigenvalue weighted by molar-refractivity contribution is 5.81. The van der Waals surface area contributed by atoms with Crippen molar-refractivity contribution in [2.24, 2.45) is 11.7 Å². The van der Waals surface area contributed by atoms with Crippen LogP contribution in [0.25, 0.3) is 0 Å². The zero-order chi connectivity index (χ0) is 16.5. The summed E-state index contributed by atoms with van der Waals surface area (Å²) < 4.78 is 15.9. The molecule has 124 valence electrons. The van der Waals surface area contributed by atoms with Gasteiger partial charge in [-0.25, -0.2) is 0 Å². The van der Waals surface area contributed by atoms with Gasteiger partial charge in [0.1, 0.15) is 23.9 Å². The average molecular weight is 310 g/mol. The lowest BCUT2D eigenvalue weighted by atomic mass is 10.0. The number of rotatable bonds is 9. The van der Waals surface area contributed by atoms with Gasteiger partial charge in [0.15, 0.2) is 0 Å². The number of hydrogen-bond donors (Lipinski definition) is 2. The number of methoxy groups -OCH3 is 2. The summed E-state index contributed by atoms with van der Waals surface area (Å²) in [5.41, 5.74) is 5.80. The number of hydrogen-bond acceptors (Lipinski definition) is 5. The molecule has 0 saturated carbocycles. The predicted octanol–water partition coefficient (Wildman–Crippen LogP) is 1.57. The molecule has 6 nitrogen and oxygen atoms in total. The Hall–Kier alpha value is -1.95. The van der Waals surface area contributed by atoms with Crippen LogP contribution in [0.3, 0.4) is 0 Å². The second-order valence-corrected chi connectivity index (χ2v) is 5.42. The zero-order valence-electron chi connectivity index (χ0n) is 13.7. The van der Waals surface area contributed by atoms with Crippen molar-refractivity contribution < 1.29 is 19.0 Å². The van der Waals surface area contributed by atoms with Crippen LogP contribution in [0, 0.1) is 5.92 Å². The fraction of sp³-hybridized carbons (Fsp3) is 0.562. The standard InChI is InChI=1S/C16H26N2O4/c1-11(2)7-15(17)16(19)18-5-6-22-14-9-12(20-3)8-13(10-14)21-4/h8-11,15H,5-7,17H2,1-4H3,(H,18,19)/t15-/m0/s1.